The standard InChI is InChI=1S/C20H21N3O2S/c1-11-7-6-8-17(13(11)3)23-19(25)16(18(24)21-20(23)26)10-15-9-12(2)22(5)14(15)4/h6-10H,1-5H3,(H,21,24,26). The topological polar surface area (TPSA) is 54.3 Å². The Morgan fingerprint density at radius 1 is 1.12 bits per heavy atom. The minimum absolute atomic E-state index is 0.0770. The summed E-state index contributed by atoms with van der Waals surface area (Å²) in [4.78, 5) is 26.9. The van der Waals surface area contributed by atoms with E-state index in [9.17, 15) is 9.59 Å². The fraction of sp³-hybridized carbons (Fsp3) is 0.250. The van der Waals surface area contributed by atoms with E-state index >= 15 is 0 Å². The molecule has 26 heavy (non-hydrogen) atoms. The van der Waals surface area contributed by atoms with Gasteiger partial charge in [-0.1, -0.05) is 12.1 Å². The maximum atomic E-state index is 13.1. The second kappa shape index (κ2) is 6.53. The highest BCUT2D eigenvalue weighted by Gasteiger charge is 2.35. The van der Waals surface area contributed by atoms with Gasteiger partial charge in [-0.2, -0.15) is 0 Å². The lowest BCUT2D eigenvalue weighted by Crippen LogP contribution is -2.54. The summed E-state index contributed by atoms with van der Waals surface area (Å²) in [6, 6.07) is 7.64. The van der Waals surface area contributed by atoms with Crippen molar-refractivity contribution in [2.75, 3.05) is 4.90 Å². The molecule has 1 aliphatic heterocycles. The SMILES string of the molecule is Cc1cccc(N2C(=O)C(=Cc3cc(C)n(C)c3C)C(=O)NC2=S)c1C. The zero-order valence-electron chi connectivity index (χ0n) is 15.5. The van der Waals surface area contributed by atoms with E-state index in [2.05, 4.69) is 5.32 Å². The van der Waals surface area contributed by atoms with Crippen LogP contribution >= 0.6 is 12.2 Å². The Hall–Kier alpha value is -2.73. The molecular formula is C20H21N3O2S. The van der Waals surface area contributed by atoms with Crippen molar-refractivity contribution in [3.8, 4) is 0 Å². The largest absolute Gasteiger partial charge is 0.352 e. The van der Waals surface area contributed by atoms with Crippen molar-refractivity contribution in [1.29, 1.82) is 0 Å². The molecule has 0 unspecified atom stereocenters. The molecule has 1 aliphatic rings. The number of anilines is 1. The molecule has 5 nitrogen and oxygen atoms in total. The van der Waals surface area contributed by atoms with Gasteiger partial charge in [0.2, 0.25) is 0 Å². The number of nitrogens with zero attached hydrogens (tertiary/aromatic N) is 2. The highest BCUT2D eigenvalue weighted by molar-refractivity contribution is 7.80. The Kier molecular flexibility index (Phi) is 4.54. The second-order valence-electron chi connectivity index (χ2n) is 6.56. The first-order valence-corrected chi connectivity index (χ1v) is 8.73. The third-order valence-electron chi connectivity index (χ3n) is 5.03. The van der Waals surface area contributed by atoms with Gasteiger partial charge in [0.25, 0.3) is 11.8 Å². The lowest BCUT2D eigenvalue weighted by molar-refractivity contribution is -0.122. The van der Waals surface area contributed by atoms with E-state index in [0.29, 0.717) is 5.69 Å². The molecule has 0 bridgehead atoms. The molecule has 1 N–H and O–H groups in total. The summed E-state index contributed by atoms with van der Waals surface area (Å²) in [5, 5.41) is 2.74. The summed E-state index contributed by atoms with van der Waals surface area (Å²) in [5.41, 5.74) is 5.65. The molecule has 1 aromatic heterocycles. The summed E-state index contributed by atoms with van der Waals surface area (Å²) in [6.07, 6.45) is 1.64. The number of thiocarbonyl (C=S) groups is 1. The molecule has 6 heteroatoms. The van der Waals surface area contributed by atoms with E-state index in [1.165, 1.54) is 4.90 Å². The highest BCUT2D eigenvalue weighted by atomic mass is 32.1. The maximum Gasteiger partial charge on any atom is 0.270 e. The summed E-state index contributed by atoms with van der Waals surface area (Å²) < 4.78 is 2.02. The Bertz CT molecular complexity index is 985. The van der Waals surface area contributed by atoms with Crippen LogP contribution in [0.25, 0.3) is 6.08 Å². The third kappa shape index (κ3) is 2.86. The number of aromatic nitrogens is 1. The quantitative estimate of drug-likeness (QED) is 0.504. The Morgan fingerprint density at radius 3 is 2.42 bits per heavy atom. The summed E-state index contributed by atoms with van der Waals surface area (Å²) >= 11 is 5.28. The van der Waals surface area contributed by atoms with Crippen LogP contribution in [0.15, 0.2) is 29.8 Å². The molecule has 0 atom stereocenters. The van der Waals surface area contributed by atoms with Crippen molar-refractivity contribution < 1.29 is 9.59 Å². The van der Waals surface area contributed by atoms with Gasteiger partial charge in [0, 0.05) is 18.4 Å². The van der Waals surface area contributed by atoms with Gasteiger partial charge < -0.3 is 4.57 Å². The maximum absolute atomic E-state index is 13.1. The molecule has 1 aromatic carbocycles. The predicted molar refractivity (Wildman–Crippen MR) is 107 cm³/mol. The molecule has 2 amide bonds. The predicted octanol–water partition coefficient (Wildman–Crippen LogP) is 3.09. The van der Waals surface area contributed by atoms with E-state index in [-0.39, 0.29) is 10.7 Å². The Balaban J connectivity index is 2.10. The van der Waals surface area contributed by atoms with Crippen LogP contribution in [0.3, 0.4) is 0 Å². The zero-order valence-corrected chi connectivity index (χ0v) is 16.3. The highest BCUT2D eigenvalue weighted by Crippen LogP contribution is 2.27. The van der Waals surface area contributed by atoms with E-state index in [1.54, 1.807) is 6.08 Å². The lowest BCUT2D eigenvalue weighted by atomic mass is 10.0. The number of benzene rings is 1. The molecule has 134 valence electrons. The fourth-order valence-electron chi connectivity index (χ4n) is 3.04. The lowest BCUT2D eigenvalue weighted by Gasteiger charge is -2.30. The monoisotopic (exact) mass is 367 g/mol. The first-order valence-electron chi connectivity index (χ1n) is 8.33. The second-order valence-corrected chi connectivity index (χ2v) is 6.95. The van der Waals surface area contributed by atoms with Crippen LogP contribution in [0, 0.1) is 27.7 Å². The van der Waals surface area contributed by atoms with Crippen LogP contribution in [0.5, 0.6) is 0 Å². The van der Waals surface area contributed by atoms with E-state index in [4.69, 9.17) is 12.2 Å². The summed E-state index contributed by atoms with van der Waals surface area (Å²) in [7, 11) is 1.95. The van der Waals surface area contributed by atoms with Crippen molar-refractivity contribution in [3.63, 3.8) is 0 Å². The van der Waals surface area contributed by atoms with Crippen molar-refractivity contribution in [2.24, 2.45) is 7.05 Å². The molecule has 2 aromatic rings. The first kappa shape index (κ1) is 18.1. The number of carbonyl (C=O) groups excluding carboxylic acids is 2. The van der Waals surface area contributed by atoms with E-state index in [0.717, 1.165) is 28.1 Å². The van der Waals surface area contributed by atoms with Crippen molar-refractivity contribution in [2.45, 2.75) is 27.7 Å². The summed E-state index contributed by atoms with van der Waals surface area (Å²) in [5.74, 6) is -0.879. The Labute approximate surface area is 158 Å². The van der Waals surface area contributed by atoms with Crippen LogP contribution in [0.2, 0.25) is 0 Å². The number of rotatable bonds is 2. The van der Waals surface area contributed by atoms with Crippen LogP contribution in [0.1, 0.15) is 28.1 Å². The van der Waals surface area contributed by atoms with Gasteiger partial charge in [-0.15, -0.1) is 0 Å². The van der Waals surface area contributed by atoms with Gasteiger partial charge in [-0.05, 0) is 74.8 Å². The van der Waals surface area contributed by atoms with Gasteiger partial charge in [0.15, 0.2) is 5.11 Å². The molecule has 1 fully saturated rings. The van der Waals surface area contributed by atoms with Crippen molar-refractivity contribution >= 4 is 40.9 Å². The van der Waals surface area contributed by atoms with Crippen LogP contribution in [0.4, 0.5) is 5.69 Å². The molecule has 3 rings (SSSR count). The zero-order chi connectivity index (χ0) is 19.2. The first-order chi connectivity index (χ1) is 12.2. The average Bonchev–Trinajstić information content (AvgIpc) is 2.82. The van der Waals surface area contributed by atoms with Gasteiger partial charge in [0.1, 0.15) is 5.57 Å². The molecule has 1 saturated heterocycles. The Morgan fingerprint density at radius 2 is 1.81 bits per heavy atom. The number of nitrogens with one attached hydrogen (secondary N) is 1. The van der Waals surface area contributed by atoms with Crippen molar-refractivity contribution in [3.05, 3.63) is 57.9 Å². The number of hydrogen-bond acceptors (Lipinski definition) is 3. The van der Waals surface area contributed by atoms with Gasteiger partial charge in [0.05, 0.1) is 5.69 Å². The van der Waals surface area contributed by atoms with Gasteiger partial charge in [-0.25, -0.2) is 0 Å². The molecule has 0 saturated carbocycles. The number of aryl methyl sites for hydroxylation is 2. The minimum Gasteiger partial charge on any atom is -0.352 e. The number of hydrogen-bond donors (Lipinski definition) is 1. The average molecular weight is 367 g/mol. The van der Waals surface area contributed by atoms with Gasteiger partial charge >= 0.3 is 0 Å². The normalized spacial score (nSPS) is 16.4. The van der Waals surface area contributed by atoms with Crippen LogP contribution < -0.4 is 10.2 Å². The summed E-state index contributed by atoms with van der Waals surface area (Å²) in [6.45, 7) is 7.85. The fourth-order valence-corrected chi connectivity index (χ4v) is 3.31. The number of amides is 2. The third-order valence-corrected chi connectivity index (χ3v) is 5.32. The molecule has 2 heterocycles. The molecule has 0 radical (unpaired) electrons. The van der Waals surface area contributed by atoms with Gasteiger partial charge in [-0.3, -0.25) is 19.8 Å². The molecular weight excluding hydrogens is 346 g/mol. The van der Waals surface area contributed by atoms with Crippen molar-refractivity contribution in [1.82, 2.24) is 9.88 Å². The van der Waals surface area contributed by atoms with Crippen LogP contribution in [-0.2, 0) is 16.6 Å². The molecule has 0 aliphatic carbocycles. The van der Waals surface area contributed by atoms with E-state index in [1.807, 2.05) is 63.6 Å². The van der Waals surface area contributed by atoms with Crippen LogP contribution in [-0.4, -0.2) is 21.5 Å². The number of carbonyl (C=O) groups is 2. The minimum atomic E-state index is -0.470. The smallest absolute Gasteiger partial charge is 0.270 e. The van der Waals surface area contributed by atoms with E-state index < -0.39 is 11.8 Å². The molecule has 0 spiro atoms.